The molecule has 1 aliphatic rings. The summed E-state index contributed by atoms with van der Waals surface area (Å²) in [7, 11) is -3.27. The van der Waals surface area contributed by atoms with Crippen molar-refractivity contribution in [3.8, 4) is 0 Å². The van der Waals surface area contributed by atoms with Crippen molar-refractivity contribution in [3.05, 3.63) is 0 Å². The van der Waals surface area contributed by atoms with Crippen molar-refractivity contribution in [1.82, 2.24) is 9.03 Å². The molecule has 0 saturated heterocycles. The molecule has 96 valence electrons. The fraction of sp³-hybridized carbons (Fsp3) is 1.00. The molecule has 1 N–H and O–H groups in total. The summed E-state index contributed by atoms with van der Waals surface area (Å²) in [6.45, 7) is 5.30. The second-order valence-corrected chi connectivity index (χ2v) is 7.08. The topological polar surface area (TPSA) is 49.4 Å². The number of nitrogens with one attached hydrogen (secondary N) is 1. The predicted molar refractivity (Wildman–Crippen MR) is 69.9 cm³/mol. The van der Waals surface area contributed by atoms with Gasteiger partial charge in [0, 0.05) is 24.5 Å². The summed E-state index contributed by atoms with van der Waals surface area (Å²) in [5.41, 5.74) is 0. The summed E-state index contributed by atoms with van der Waals surface area (Å²) < 4.78 is 27.9. The highest BCUT2D eigenvalue weighted by Gasteiger charge is 2.27. The van der Waals surface area contributed by atoms with Crippen molar-refractivity contribution in [2.75, 3.05) is 19.6 Å². The molecule has 0 aromatic heterocycles. The van der Waals surface area contributed by atoms with Gasteiger partial charge in [-0.1, -0.05) is 36.2 Å². The second-order valence-electron chi connectivity index (χ2n) is 4.14. The van der Waals surface area contributed by atoms with Crippen LogP contribution in [0.15, 0.2) is 0 Å². The Labute approximate surface area is 107 Å². The van der Waals surface area contributed by atoms with Crippen LogP contribution in [0.3, 0.4) is 0 Å². The fourth-order valence-electron chi connectivity index (χ4n) is 2.09. The van der Waals surface area contributed by atoms with Gasteiger partial charge >= 0.3 is 0 Å². The lowest BCUT2D eigenvalue weighted by molar-refractivity contribution is 0.427. The molecule has 0 spiro atoms. The molecule has 16 heavy (non-hydrogen) atoms. The number of rotatable bonds is 6. The van der Waals surface area contributed by atoms with Crippen molar-refractivity contribution < 1.29 is 8.42 Å². The Morgan fingerprint density at radius 3 is 2.38 bits per heavy atom. The third-order valence-corrected chi connectivity index (χ3v) is 6.07. The summed E-state index contributed by atoms with van der Waals surface area (Å²) in [5, 5.41) is 0. The maximum absolute atomic E-state index is 11.9. The Morgan fingerprint density at radius 2 is 1.94 bits per heavy atom. The van der Waals surface area contributed by atoms with Crippen molar-refractivity contribution >= 4 is 26.1 Å². The Kier molecular flexibility index (Phi) is 5.70. The van der Waals surface area contributed by atoms with Gasteiger partial charge in [0.25, 0.3) is 10.2 Å². The number of halogens is 1. The zero-order valence-corrected chi connectivity index (χ0v) is 12.3. The van der Waals surface area contributed by atoms with Crippen molar-refractivity contribution in [2.45, 2.75) is 37.9 Å². The molecule has 1 fully saturated rings. The van der Waals surface area contributed by atoms with Gasteiger partial charge in [-0.3, -0.25) is 0 Å². The van der Waals surface area contributed by atoms with E-state index in [1.807, 2.05) is 13.8 Å². The molecule has 6 heteroatoms. The summed E-state index contributed by atoms with van der Waals surface area (Å²) in [4.78, 5) is 0.465. The van der Waals surface area contributed by atoms with E-state index in [4.69, 9.17) is 0 Å². The van der Waals surface area contributed by atoms with Crippen LogP contribution in [0, 0.1) is 5.92 Å². The first-order chi connectivity index (χ1) is 7.51. The Morgan fingerprint density at radius 1 is 1.31 bits per heavy atom. The molecule has 0 aromatic carbocycles. The minimum absolute atomic E-state index is 0.435. The van der Waals surface area contributed by atoms with Crippen LogP contribution < -0.4 is 4.72 Å². The quantitative estimate of drug-likeness (QED) is 0.759. The van der Waals surface area contributed by atoms with Gasteiger partial charge in [-0.15, -0.1) is 0 Å². The zero-order valence-electron chi connectivity index (χ0n) is 9.95. The van der Waals surface area contributed by atoms with Gasteiger partial charge in [0.2, 0.25) is 0 Å². The van der Waals surface area contributed by atoms with Gasteiger partial charge in [-0.05, 0) is 18.8 Å². The van der Waals surface area contributed by atoms with Gasteiger partial charge in [0.05, 0.1) is 0 Å². The normalized spacial score (nSPS) is 26.5. The van der Waals surface area contributed by atoms with E-state index in [9.17, 15) is 8.42 Å². The molecule has 2 atom stereocenters. The molecule has 0 aliphatic heterocycles. The van der Waals surface area contributed by atoms with Crippen LogP contribution in [0.4, 0.5) is 0 Å². The van der Waals surface area contributed by atoms with Gasteiger partial charge in [-0.2, -0.15) is 12.7 Å². The van der Waals surface area contributed by atoms with E-state index in [0.29, 0.717) is 30.4 Å². The average Bonchev–Trinajstić information content (AvgIpc) is 2.62. The molecule has 0 bridgehead atoms. The minimum Gasteiger partial charge on any atom is -0.202 e. The van der Waals surface area contributed by atoms with Gasteiger partial charge in [0.1, 0.15) is 0 Å². The molecule has 1 aliphatic carbocycles. The Hall–Kier alpha value is 0.350. The third kappa shape index (κ3) is 3.68. The number of hydrogen-bond donors (Lipinski definition) is 1. The molecule has 0 aromatic rings. The summed E-state index contributed by atoms with van der Waals surface area (Å²) in [6, 6.07) is 0. The first kappa shape index (κ1) is 14.4. The van der Waals surface area contributed by atoms with Crippen LogP contribution in [-0.2, 0) is 10.2 Å². The Balaban J connectivity index is 2.47. The molecule has 0 amide bonds. The largest absolute Gasteiger partial charge is 0.279 e. The molecular weight excluding hydrogens is 292 g/mol. The van der Waals surface area contributed by atoms with Crippen LogP contribution in [0.5, 0.6) is 0 Å². The van der Waals surface area contributed by atoms with E-state index in [1.54, 1.807) is 0 Å². The summed E-state index contributed by atoms with van der Waals surface area (Å²) in [6.07, 6.45) is 3.45. The van der Waals surface area contributed by atoms with Crippen LogP contribution in [0.1, 0.15) is 33.1 Å². The average molecular weight is 313 g/mol. The number of nitrogens with zero attached hydrogens (tertiary/aromatic N) is 1. The van der Waals surface area contributed by atoms with Crippen LogP contribution in [0.2, 0.25) is 0 Å². The maximum atomic E-state index is 11.9. The molecule has 0 heterocycles. The smallest absolute Gasteiger partial charge is 0.202 e. The highest BCUT2D eigenvalue weighted by molar-refractivity contribution is 9.09. The fourth-order valence-corrected chi connectivity index (χ4v) is 4.15. The van der Waals surface area contributed by atoms with Crippen LogP contribution in [-0.4, -0.2) is 37.2 Å². The van der Waals surface area contributed by atoms with Gasteiger partial charge < -0.3 is 0 Å². The molecular formula is C10H21BrN2O2S. The van der Waals surface area contributed by atoms with Crippen LogP contribution in [0.25, 0.3) is 0 Å². The van der Waals surface area contributed by atoms with E-state index < -0.39 is 10.2 Å². The SMILES string of the molecule is CCN(CC)S(=O)(=O)NCC1CCCC1Br. The highest BCUT2D eigenvalue weighted by Crippen LogP contribution is 2.30. The van der Waals surface area contributed by atoms with Crippen molar-refractivity contribution in [3.63, 3.8) is 0 Å². The standard InChI is InChI=1S/C10H21BrN2O2S/c1-3-13(4-2)16(14,15)12-8-9-6-5-7-10(9)11/h9-10,12H,3-8H2,1-2H3. The monoisotopic (exact) mass is 312 g/mol. The van der Waals surface area contributed by atoms with E-state index in [2.05, 4.69) is 20.7 Å². The molecule has 0 radical (unpaired) electrons. The zero-order chi connectivity index (χ0) is 12.2. The predicted octanol–water partition coefficient (Wildman–Crippen LogP) is 1.73. The van der Waals surface area contributed by atoms with E-state index in [0.717, 1.165) is 12.8 Å². The van der Waals surface area contributed by atoms with Crippen molar-refractivity contribution in [1.29, 1.82) is 0 Å². The number of alkyl halides is 1. The van der Waals surface area contributed by atoms with Gasteiger partial charge in [-0.25, -0.2) is 4.72 Å². The maximum Gasteiger partial charge on any atom is 0.279 e. The molecule has 1 saturated carbocycles. The first-order valence-corrected chi connectivity index (χ1v) is 8.25. The summed E-state index contributed by atoms with van der Waals surface area (Å²) >= 11 is 3.60. The van der Waals surface area contributed by atoms with E-state index in [1.165, 1.54) is 10.7 Å². The molecule has 2 unspecified atom stereocenters. The third-order valence-electron chi connectivity index (χ3n) is 3.14. The lowest BCUT2D eigenvalue weighted by Crippen LogP contribution is -2.42. The van der Waals surface area contributed by atoms with E-state index >= 15 is 0 Å². The van der Waals surface area contributed by atoms with Crippen LogP contribution >= 0.6 is 15.9 Å². The van der Waals surface area contributed by atoms with Crippen molar-refractivity contribution in [2.24, 2.45) is 5.92 Å². The molecule has 4 nitrogen and oxygen atoms in total. The van der Waals surface area contributed by atoms with Gasteiger partial charge in [0.15, 0.2) is 0 Å². The lowest BCUT2D eigenvalue weighted by atomic mass is 10.1. The number of hydrogen-bond acceptors (Lipinski definition) is 2. The minimum atomic E-state index is -3.27. The molecule has 1 rings (SSSR count). The highest BCUT2D eigenvalue weighted by atomic mass is 79.9. The lowest BCUT2D eigenvalue weighted by Gasteiger charge is -2.21. The Bertz CT molecular complexity index is 304. The first-order valence-electron chi connectivity index (χ1n) is 5.90. The summed E-state index contributed by atoms with van der Waals surface area (Å²) in [5.74, 6) is 0.435. The second kappa shape index (κ2) is 6.33. The van der Waals surface area contributed by atoms with E-state index in [-0.39, 0.29) is 0 Å².